The van der Waals surface area contributed by atoms with Crippen LogP contribution in [0.1, 0.15) is 38.0 Å². The monoisotopic (exact) mass is 367 g/mol. The van der Waals surface area contributed by atoms with Gasteiger partial charge >= 0.3 is 0 Å². The third kappa shape index (κ3) is 2.55. The number of nitrogens with zero attached hydrogens (tertiary/aromatic N) is 1. The zero-order valence-corrected chi connectivity index (χ0v) is 14.4. The molecule has 0 bridgehead atoms. The summed E-state index contributed by atoms with van der Waals surface area (Å²) in [5, 5.41) is 3.25. The van der Waals surface area contributed by atoms with Crippen molar-refractivity contribution in [3.63, 3.8) is 0 Å². The van der Waals surface area contributed by atoms with Crippen molar-refractivity contribution in [1.29, 1.82) is 0 Å². The van der Waals surface area contributed by atoms with E-state index in [0.717, 1.165) is 4.90 Å². The Bertz CT molecular complexity index is 953. The van der Waals surface area contributed by atoms with Gasteiger partial charge in [-0.05, 0) is 37.3 Å². The quantitative estimate of drug-likeness (QED) is 0.792. The highest BCUT2D eigenvalue weighted by Gasteiger charge is 2.36. The minimum Gasteiger partial charge on any atom is -0.324 e. The van der Waals surface area contributed by atoms with E-state index in [4.69, 9.17) is 0 Å². The van der Waals surface area contributed by atoms with Crippen molar-refractivity contribution in [3.05, 3.63) is 59.2 Å². The van der Waals surface area contributed by atoms with Gasteiger partial charge < -0.3 is 5.32 Å². The van der Waals surface area contributed by atoms with Crippen LogP contribution in [-0.4, -0.2) is 33.9 Å². The molecule has 0 unspecified atom stereocenters. The molecule has 0 aromatic heterocycles. The Morgan fingerprint density at radius 2 is 1.73 bits per heavy atom. The molecule has 0 fully saturated rings. The summed E-state index contributed by atoms with van der Waals surface area (Å²) in [5.74, 6) is -1.90. The Morgan fingerprint density at radius 3 is 2.38 bits per heavy atom. The standard InChI is InChI=1S/C18H13N3O4S/c1-9-15(22)19-13-8-10(6-7-14(13)26-9)16(23)20-21-17(24)11-4-2-3-5-12(11)18(21)25/h2-9H,1H3,(H,19,22)(H,20,23)/t9-/m0/s1. The van der Waals surface area contributed by atoms with E-state index in [1.54, 1.807) is 31.2 Å². The molecule has 130 valence electrons. The van der Waals surface area contributed by atoms with Crippen LogP contribution in [0.15, 0.2) is 47.4 Å². The van der Waals surface area contributed by atoms with E-state index in [-0.39, 0.29) is 27.8 Å². The van der Waals surface area contributed by atoms with E-state index in [1.165, 1.54) is 30.0 Å². The maximum absolute atomic E-state index is 12.5. The number of fused-ring (bicyclic) bond motifs is 2. The lowest BCUT2D eigenvalue weighted by Crippen LogP contribution is -2.45. The van der Waals surface area contributed by atoms with Gasteiger partial charge in [0.25, 0.3) is 17.7 Å². The number of carbonyl (C=O) groups is 4. The Labute approximate surface area is 152 Å². The third-order valence-corrected chi connectivity index (χ3v) is 5.36. The van der Waals surface area contributed by atoms with Gasteiger partial charge in [0.15, 0.2) is 0 Å². The minimum atomic E-state index is -0.611. The van der Waals surface area contributed by atoms with Gasteiger partial charge in [-0.2, -0.15) is 5.01 Å². The van der Waals surface area contributed by atoms with Crippen LogP contribution in [0, 0.1) is 0 Å². The average Bonchev–Trinajstić information content (AvgIpc) is 2.87. The molecule has 4 rings (SSSR count). The topological polar surface area (TPSA) is 95.6 Å². The first-order chi connectivity index (χ1) is 12.5. The Hall–Kier alpha value is -3.13. The maximum atomic E-state index is 12.5. The zero-order chi connectivity index (χ0) is 18.4. The Balaban J connectivity index is 1.57. The number of thioether (sulfide) groups is 1. The molecule has 0 saturated heterocycles. The minimum absolute atomic E-state index is 0.139. The van der Waals surface area contributed by atoms with Crippen LogP contribution >= 0.6 is 11.8 Å². The van der Waals surface area contributed by atoms with E-state index < -0.39 is 17.7 Å². The van der Waals surface area contributed by atoms with Crippen LogP contribution in [0.25, 0.3) is 0 Å². The van der Waals surface area contributed by atoms with E-state index in [9.17, 15) is 19.2 Å². The van der Waals surface area contributed by atoms with Crippen molar-refractivity contribution in [2.45, 2.75) is 17.1 Å². The van der Waals surface area contributed by atoms with Crippen molar-refractivity contribution < 1.29 is 19.2 Å². The van der Waals surface area contributed by atoms with Crippen LogP contribution in [0.5, 0.6) is 0 Å². The molecule has 0 radical (unpaired) electrons. The van der Waals surface area contributed by atoms with Gasteiger partial charge in [-0.15, -0.1) is 11.8 Å². The number of hydrazine groups is 1. The van der Waals surface area contributed by atoms with Gasteiger partial charge in [-0.1, -0.05) is 12.1 Å². The van der Waals surface area contributed by atoms with Gasteiger partial charge in [0.1, 0.15) is 0 Å². The van der Waals surface area contributed by atoms with Crippen LogP contribution < -0.4 is 10.7 Å². The first-order valence-corrected chi connectivity index (χ1v) is 8.74. The van der Waals surface area contributed by atoms with Gasteiger partial charge in [-0.25, -0.2) is 0 Å². The van der Waals surface area contributed by atoms with E-state index in [0.29, 0.717) is 10.7 Å². The van der Waals surface area contributed by atoms with Gasteiger partial charge in [0.2, 0.25) is 5.91 Å². The molecule has 0 saturated carbocycles. The second-order valence-corrected chi connectivity index (χ2v) is 7.28. The smallest absolute Gasteiger partial charge is 0.280 e. The molecule has 0 spiro atoms. The van der Waals surface area contributed by atoms with Crippen LogP contribution in [0.4, 0.5) is 5.69 Å². The van der Waals surface area contributed by atoms with Gasteiger partial charge in [0, 0.05) is 10.5 Å². The second kappa shape index (κ2) is 5.99. The van der Waals surface area contributed by atoms with Crippen molar-refractivity contribution in [3.8, 4) is 0 Å². The number of benzene rings is 2. The molecule has 0 aliphatic carbocycles. The number of hydrogen-bond donors (Lipinski definition) is 2. The van der Waals surface area contributed by atoms with Gasteiger partial charge in [0.05, 0.1) is 22.1 Å². The SMILES string of the molecule is C[C@@H]1Sc2ccc(C(=O)NN3C(=O)c4ccccc4C3=O)cc2NC1=O. The first kappa shape index (κ1) is 16.3. The molecule has 8 heteroatoms. The summed E-state index contributed by atoms with van der Waals surface area (Å²) in [4.78, 5) is 49.8. The lowest BCUT2D eigenvalue weighted by Gasteiger charge is -2.22. The molecule has 4 amide bonds. The summed E-state index contributed by atoms with van der Waals surface area (Å²) in [7, 11) is 0. The number of anilines is 1. The lowest BCUT2D eigenvalue weighted by molar-refractivity contribution is -0.115. The summed E-state index contributed by atoms with van der Waals surface area (Å²) in [5.41, 5.74) is 3.61. The number of hydrogen-bond acceptors (Lipinski definition) is 5. The lowest BCUT2D eigenvalue weighted by atomic mass is 10.1. The summed E-state index contributed by atoms with van der Waals surface area (Å²) in [6, 6.07) is 11.2. The molecular formula is C18H13N3O4S. The highest BCUT2D eigenvalue weighted by Crippen LogP contribution is 2.36. The summed E-state index contributed by atoms with van der Waals surface area (Å²) in [6.07, 6.45) is 0. The molecular weight excluding hydrogens is 354 g/mol. The second-order valence-electron chi connectivity index (χ2n) is 5.89. The highest BCUT2D eigenvalue weighted by atomic mass is 32.2. The number of carbonyl (C=O) groups excluding carboxylic acids is 4. The molecule has 2 aliphatic heterocycles. The number of imide groups is 1. The molecule has 2 aliphatic rings. The molecule has 2 aromatic rings. The average molecular weight is 367 g/mol. The van der Waals surface area contributed by atoms with Crippen LogP contribution in [0.3, 0.4) is 0 Å². The molecule has 2 aromatic carbocycles. The molecule has 7 nitrogen and oxygen atoms in total. The van der Waals surface area contributed by atoms with Crippen molar-refractivity contribution >= 4 is 41.1 Å². The fourth-order valence-corrected chi connectivity index (χ4v) is 3.74. The maximum Gasteiger partial charge on any atom is 0.280 e. The molecule has 26 heavy (non-hydrogen) atoms. The molecule has 2 heterocycles. The van der Waals surface area contributed by atoms with Crippen LogP contribution in [-0.2, 0) is 4.79 Å². The van der Waals surface area contributed by atoms with E-state index in [2.05, 4.69) is 10.7 Å². The number of amides is 4. The largest absolute Gasteiger partial charge is 0.324 e. The normalized spacial score (nSPS) is 18.3. The fourth-order valence-electron chi connectivity index (χ4n) is 2.81. The third-order valence-electron chi connectivity index (χ3n) is 4.18. The van der Waals surface area contributed by atoms with E-state index in [1.807, 2.05) is 0 Å². The predicted molar refractivity (Wildman–Crippen MR) is 94.8 cm³/mol. The summed E-state index contributed by atoms with van der Waals surface area (Å²) >= 11 is 1.40. The highest BCUT2D eigenvalue weighted by molar-refractivity contribution is 8.00. The number of rotatable bonds is 2. The zero-order valence-electron chi connectivity index (χ0n) is 13.6. The molecule has 2 N–H and O–H groups in total. The van der Waals surface area contributed by atoms with Crippen molar-refractivity contribution in [2.24, 2.45) is 0 Å². The Morgan fingerprint density at radius 1 is 1.08 bits per heavy atom. The number of nitrogens with one attached hydrogen (secondary N) is 2. The van der Waals surface area contributed by atoms with E-state index >= 15 is 0 Å². The summed E-state index contributed by atoms with van der Waals surface area (Å²) in [6.45, 7) is 1.80. The van der Waals surface area contributed by atoms with Gasteiger partial charge in [-0.3, -0.25) is 24.6 Å². The van der Waals surface area contributed by atoms with Crippen molar-refractivity contribution in [2.75, 3.05) is 5.32 Å². The Kier molecular flexibility index (Phi) is 3.77. The van der Waals surface area contributed by atoms with Crippen molar-refractivity contribution in [1.82, 2.24) is 10.4 Å². The predicted octanol–water partition coefficient (Wildman–Crippen LogP) is 2.06. The summed E-state index contributed by atoms with van der Waals surface area (Å²) < 4.78 is 0. The first-order valence-electron chi connectivity index (χ1n) is 7.86. The van der Waals surface area contributed by atoms with Crippen LogP contribution in [0.2, 0.25) is 0 Å². The molecule has 1 atom stereocenters. The fraction of sp³-hybridized carbons (Fsp3) is 0.111.